The van der Waals surface area contributed by atoms with Crippen molar-refractivity contribution >= 4 is 17.5 Å². The van der Waals surface area contributed by atoms with Crippen molar-refractivity contribution in [3.8, 4) is 0 Å². The SMILES string of the molecule is COCc1nc(C2CC(NC(=O)c3nn(C)c(C)c3Cl)C2)cc(=O)[nH]1. The zero-order valence-corrected chi connectivity index (χ0v) is 15.1. The van der Waals surface area contributed by atoms with Gasteiger partial charge in [0.05, 0.1) is 16.4 Å². The van der Waals surface area contributed by atoms with E-state index in [1.807, 2.05) is 6.92 Å². The fraction of sp³-hybridized carbons (Fsp3) is 0.500. The van der Waals surface area contributed by atoms with E-state index in [1.54, 1.807) is 18.8 Å². The molecule has 0 aromatic carbocycles. The number of ether oxygens (including phenoxy) is 1. The van der Waals surface area contributed by atoms with Gasteiger partial charge in [-0.15, -0.1) is 0 Å². The molecule has 1 aliphatic carbocycles. The predicted octanol–water partition coefficient (Wildman–Crippen LogP) is 1.29. The van der Waals surface area contributed by atoms with Crippen molar-refractivity contribution in [2.24, 2.45) is 7.05 Å². The van der Waals surface area contributed by atoms with Crippen LogP contribution in [0, 0.1) is 6.92 Å². The molecule has 1 aliphatic rings. The van der Waals surface area contributed by atoms with Gasteiger partial charge < -0.3 is 15.0 Å². The first-order chi connectivity index (χ1) is 11.9. The lowest BCUT2D eigenvalue weighted by Gasteiger charge is -2.35. The number of aromatic nitrogens is 4. The van der Waals surface area contributed by atoms with Gasteiger partial charge in [-0.2, -0.15) is 5.10 Å². The summed E-state index contributed by atoms with van der Waals surface area (Å²) in [6.07, 6.45) is 1.44. The molecular formula is C16H20ClN5O3. The maximum Gasteiger partial charge on any atom is 0.273 e. The number of aromatic amines is 1. The van der Waals surface area contributed by atoms with Crippen LogP contribution < -0.4 is 10.9 Å². The van der Waals surface area contributed by atoms with E-state index in [2.05, 4.69) is 20.4 Å². The number of halogens is 1. The number of nitrogens with one attached hydrogen (secondary N) is 2. The Balaban J connectivity index is 1.62. The summed E-state index contributed by atoms with van der Waals surface area (Å²) in [6.45, 7) is 2.06. The first-order valence-corrected chi connectivity index (χ1v) is 8.36. The molecule has 25 heavy (non-hydrogen) atoms. The molecule has 0 aliphatic heterocycles. The van der Waals surface area contributed by atoms with Crippen LogP contribution in [0.1, 0.15) is 46.5 Å². The third kappa shape index (κ3) is 3.59. The van der Waals surface area contributed by atoms with Gasteiger partial charge in [0, 0.05) is 32.2 Å². The minimum atomic E-state index is -0.281. The number of H-pyrrole nitrogens is 1. The molecule has 1 saturated carbocycles. The molecule has 2 heterocycles. The van der Waals surface area contributed by atoms with Crippen LogP contribution in [0.4, 0.5) is 0 Å². The molecule has 0 radical (unpaired) electrons. The van der Waals surface area contributed by atoms with Crippen molar-refractivity contribution < 1.29 is 9.53 Å². The number of amides is 1. The lowest BCUT2D eigenvalue weighted by atomic mass is 9.78. The lowest BCUT2D eigenvalue weighted by molar-refractivity contribution is 0.0902. The van der Waals surface area contributed by atoms with Crippen LogP contribution >= 0.6 is 11.6 Å². The predicted molar refractivity (Wildman–Crippen MR) is 91.8 cm³/mol. The topological polar surface area (TPSA) is 102 Å². The Morgan fingerprint density at radius 3 is 2.84 bits per heavy atom. The van der Waals surface area contributed by atoms with Gasteiger partial charge in [0.1, 0.15) is 12.4 Å². The second-order valence-corrected chi connectivity index (χ2v) is 6.64. The van der Waals surface area contributed by atoms with Crippen molar-refractivity contribution in [3.05, 3.63) is 44.3 Å². The molecule has 9 heteroatoms. The molecule has 3 rings (SSSR count). The molecule has 0 atom stereocenters. The highest BCUT2D eigenvalue weighted by molar-refractivity contribution is 6.34. The second kappa shape index (κ2) is 6.97. The second-order valence-electron chi connectivity index (χ2n) is 6.26. The quantitative estimate of drug-likeness (QED) is 0.831. The first-order valence-electron chi connectivity index (χ1n) is 7.98. The molecular weight excluding hydrogens is 346 g/mol. The van der Waals surface area contributed by atoms with Gasteiger partial charge >= 0.3 is 0 Å². The fourth-order valence-electron chi connectivity index (χ4n) is 2.90. The summed E-state index contributed by atoms with van der Waals surface area (Å²) in [5.74, 6) is 0.369. The zero-order valence-electron chi connectivity index (χ0n) is 14.3. The van der Waals surface area contributed by atoms with E-state index in [0.29, 0.717) is 10.8 Å². The number of carbonyl (C=O) groups is 1. The normalized spacial score (nSPS) is 19.5. The van der Waals surface area contributed by atoms with E-state index in [4.69, 9.17) is 16.3 Å². The molecule has 1 amide bonds. The average Bonchev–Trinajstić information content (AvgIpc) is 2.77. The number of rotatable bonds is 5. The molecule has 2 N–H and O–H groups in total. The van der Waals surface area contributed by atoms with Crippen molar-refractivity contribution in [1.29, 1.82) is 0 Å². The van der Waals surface area contributed by atoms with Crippen LogP contribution in [-0.4, -0.2) is 38.8 Å². The monoisotopic (exact) mass is 365 g/mol. The van der Waals surface area contributed by atoms with E-state index < -0.39 is 0 Å². The first kappa shape index (κ1) is 17.6. The van der Waals surface area contributed by atoms with Gasteiger partial charge in [-0.3, -0.25) is 14.3 Å². The Morgan fingerprint density at radius 1 is 1.52 bits per heavy atom. The maximum absolute atomic E-state index is 12.3. The Hall–Kier alpha value is -2.19. The summed E-state index contributed by atoms with van der Waals surface area (Å²) in [6, 6.07) is 1.52. The van der Waals surface area contributed by atoms with Crippen molar-refractivity contribution in [3.63, 3.8) is 0 Å². The highest BCUT2D eigenvalue weighted by Gasteiger charge is 2.34. The summed E-state index contributed by atoms with van der Waals surface area (Å²) >= 11 is 6.14. The van der Waals surface area contributed by atoms with Crippen molar-refractivity contribution in [1.82, 2.24) is 25.1 Å². The Labute approximate surface area is 149 Å². The molecule has 0 spiro atoms. The summed E-state index contributed by atoms with van der Waals surface area (Å²) in [5, 5.41) is 7.45. The Morgan fingerprint density at radius 2 is 2.24 bits per heavy atom. The minimum Gasteiger partial charge on any atom is -0.377 e. The van der Waals surface area contributed by atoms with Crippen LogP contribution in [0.25, 0.3) is 0 Å². The van der Waals surface area contributed by atoms with E-state index >= 15 is 0 Å². The van der Waals surface area contributed by atoms with Gasteiger partial charge in [-0.25, -0.2) is 4.98 Å². The molecule has 134 valence electrons. The molecule has 1 fully saturated rings. The van der Waals surface area contributed by atoms with Gasteiger partial charge in [0.25, 0.3) is 11.5 Å². The van der Waals surface area contributed by atoms with E-state index in [-0.39, 0.29) is 35.7 Å². The molecule has 0 unspecified atom stereocenters. The number of hydrogen-bond donors (Lipinski definition) is 2. The largest absolute Gasteiger partial charge is 0.377 e. The molecule has 0 saturated heterocycles. The lowest BCUT2D eigenvalue weighted by Crippen LogP contribution is -2.44. The van der Waals surface area contributed by atoms with Gasteiger partial charge in [0.2, 0.25) is 0 Å². The number of nitrogens with zero attached hydrogens (tertiary/aromatic N) is 3. The Kier molecular flexibility index (Phi) is 4.91. The van der Waals surface area contributed by atoms with Gasteiger partial charge in [0.15, 0.2) is 5.69 Å². The van der Waals surface area contributed by atoms with Crippen LogP contribution in [0.3, 0.4) is 0 Å². The Bertz CT molecular complexity index is 854. The number of aryl methyl sites for hydroxylation is 1. The molecule has 2 aromatic rings. The summed E-state index contributed by atoms with van der Waals surface area (Å²) < 4.78 is 6.59. The highest BCUT2D eigenvalue weighted by Crippen LogP contribution is 2.35. The molecule has 8 nitrogen and oxygen atoms in total. The van der Waals surface area contributed by atoms with E-state index in [9.17, 15) is 9.59 Å². The highest BCUT2D eigenvalue weighted by atomic mass is 35.5. The molecule has 0 bridgehead atoms. The van der Waals surface area contributed by atoms with Gasteiger partial charge in [-0.1, -0.05) is 11.6 Å². The summed E-state index contributed by atoms with van der Waals surface area (Å²) in [7, 11) is 3.29. The average molecular weight is 366 g/mol. The third-order valence-electron chi connectivity index (χ3n) is 4.46. The van der Waals surface area contributed by atoms with Crippen molar-refractivity contribution in [2.75, 3.05) is 7.11 Å². The smallest absolute Gasteiger partial charge is 0.273 e. The summed E-state index contributed by atoms with van der Waals surface area (Å²) in [5.41, 5.74) is 1.52. The van der Waals surface area contributed by atoms with E-state index in [0.717, 1.165) is 24.2 Å². The summed E-state index contributed by atoms with van der Waals surface area (Å²) in [4.78, 5) is 31.1. The van der Waals surface area contributed by atoms with Crippen LogP contribution in [0.5, 0.6) is 0 Å². The third-order valence-corrected chi connectivity index (χ3v) is 4.91. The number of carbonyl (C=O) groups excluding carboxylic acids is 1. The van der Waals surface area contributed by atoms with Crippen LogP contribution in [-0.2, 0) is 18.4 Å². The standard InChI is InChI=1S/C16H20ClN5O3/c1-8-14(17)15(21-22(8)2)16(24)18-10-4-9(5-10)11-6-13(23)20-12(19-11)7-25-3/h6,9-10H,4-5,7H2,1-3H3,(H,18,24)(H,19,20,23). The fourth-order valence-corrected chi connectivity index (χ4v) is 3.15. The van der Waals surface area contributed by atoms with Crippen LogP contribution in [0.15, 0.2) is 10.9 Å². The minimum absolute atomic E-state index is 0.0165. The maximum atomic E-state index is 12.3. The zero-order chi connectivity index (χ0) is 18.1. The van der Waals surface area contributed by atoms with Gasteiger partial charge in [-0.05, 0) is 19.8 Å². The number of methoxy groups -OCH3 is 1. The molecule has 2 aromatic heterocycles. The van der Waals surface area contributed by atoms with Crippen molar-refractivity contribution in [2.45, 2.75) is 38.3 Å². The number of hydrogen-bond acceptors (Lipinski definition) is 5. The van der Waals surface area contributed by atoms with E-state index in [1.165, 1.54) is 6.07 Å². The van der Waals surface area contributed by atoms with Crippen LogP contribution in [0.2, 0.25) is 5.02 Å².